The lowest BCUT2D eigenvalue weighted by molar-refractivity contribution is 0.270. The van der Waals surface area contributed by atoms with Crippen molar-refractivity contribution in [2.24, 2.45) is 5.73 Å². The van der Waals surface area contributed by atoms with E-state index < -0.39 is 0 Å². The van der Waals surface area contributed by atoms with Crippen LogP contribution < -0.4 is 10.5 Å². The zero-order valence-electron chi connectivity index (χ0n) is 9.88. The maximum Gasteiger partial charge on any atom is 0.145 e. The molecular formula is C12H15N3O2. The van der Waals surface area contributed by atoms with Crippen molar-refractivity contribution >= 4 is 0 Å². The number of rotatable bonds is 4. The molecule has 0 aliphatic heterocycles. The summed E-state index contributed by atoms with van der Waals surface area (Å²) in [5.41, 5.74) is 8.30. The van der Waals surface area contributed by atoms with Crippen molar-refractivity contribution in [1.82, 2.24) is 10.3 Å². The Kier molecular flexibility index (Phi) is 3.39. The molecule has 5 heteroatoms. The number of nitrogens with two attached hydrogens (primary N) is 1. The zero-order valence-corrected chi connectivity index (χ0v) is 9.88. The molecule has 0 saturated carbocycles. The van der Waals surface area contributed by atoms with Gasteiger partial charge in [0, 0.05) is 6.04 Å². The third kappa shape index (κ3) is 2.82. The summed E-state index contributed by atoms with van der Waals surface area (Å²) in [5.74, 6) is 0.775. The smallest absolute Gasteiger partial charge is 0.145 e. The summed E-state index contributed by atoms with van der Waals surface area (Å²) < 4.78 is 10.2. The summed E-state index contributed by atoms with van der Waals surface area (Å²) in [6.07, 6.45) is 0. The minimum Gasteiger partial charge on any atom is -0.487 e. The Morgan fingerprint density at radius 1 is 1.29 bits per heavy atom. The summed E-state index contributed by atoms with van der Waals surface area (Å²) in [5, 5.41) is 7.43. The highest BCUT2D eigenvalue weighted by Crippen LogP contribution is 2.17. The summed E-state index contributed by atoms with van der Waals surface area (Å²) >= 11 is 0. The van der Waals surface area contributed by atoms with Gasteiger partial charge in [-0.1, -0.05) is 22.4 Å². The summed E-state index contributed by atoms with van der Waals surface area (Å²) in [6.45, 7) is 4.13. The second kappa shape index (κ2) is 4.97. The molecule has 1 aromatic carbocycles. The summed E-state index contributed by atoms with van der Waals surface area (Å²) in [6, 6.07) is 7.72. The first-order valence-corrected chi connectivity index (χ1v) is 5.43. The van der Waals surface area contributed by atoms with E-state index >= 15 is 0 Å². The van der Waals surface area contributed by atoms with Gasteiger partial charge in [-0.15, -0.1) is 0 Å². The van der Waals surface area contributed by atoms with Crippen molar-refractivity contribution < 1.29 is 9.37 Å². The summed E-state index contributed by atoms with van der Waals surface area (Å²) in [7, 11) is 0. The average Bonchev–Trinajstić information content (AvgIpc) is 2.73. The average molecular weight is 233 g/mol. The normalized spacial score (nSPS) is 12.4. The Morgan fingerprint density at radius 3 is 2.53 bits per heavy atom. The molecule has 1 heterocycles. The van der Waals surface area contributed by atoms with Crippen molar-refractivity contribution in [3.63, 3.8) is 0 Å². The fraction of sp³-hybridized carbons (Fsp3) is 0.333. The molecule has 5 nitrogen and oxygen atoms in total. The van der Waals surface area contributed by atoms with Crippen molar-refractivity contribution in [3.05, 3.63) is 41.2 Å². The van der Waals surface area contributed by atoms with Crippen LogP contribution in [0.4, 0.5) is 0 Å². The van der Waals surface area contributed by atoms with Gasteiger partial charge in [-0.25, -0.2) is 4.63 Å². The van der Waals surface area contributed by atoms with Gasteiger partial charge < -0.3 is 10.5 Å². The number of hydrogen-bond donors (Lipinski definition) is 1. The van der Waals surface area contributed by atoms with Crippen LogP contribution >= 0.6 is 0 Å². The Hall–Kier alpha value is -1.88. The van der Waals surface area contributed by atoms with E-state index in [1.165, 1.54) is 0 Å². The van der Waals surface area contributed by atoms with E-state index in [4.69, 9.17) is 10.5 Å². The van der Waals surface area contributed by atoms with Crippen LogP contribution in [0.15, 0.2) is 28.9 Å². The SMILES string of the molecule is Cc1nonc1COc1ccc([C@H](C)N)cc1. The van der Waals surface area contributed by atoms with Gasteiger partial charge in [0.15, 0.2) is 0 Å². The van der Waals surface area contributed by atoms with E-state index in [1.807, 2.05) is 38.1 Å². The van der Waals surface area contributed by atoms with E-state index in [-0.39, 0.29) is 6.04 Å². The van der Waals surface area contributed by atoms with Crippen LogP contribution in [0.25, 0.3) is 0 Å². The summed E-state index contributed by atoms with van der Waals surface area (Å²) in [4.78, 5) is 0. The molecular weight excluding hydrogens is 218 g/mol. The largest absolute Gasteiger partial charge is 0.487 e. The van der Waals surface area contributed by atoms with Gasteiger partial charge in [-0.3, -0.25) is 0 Å². The molecule has 2 rings (SSSR count). The van der Waals surface area contributed by atoms with Crippen LogP contribution in [0.1, 0.15) is 29.9 Å². The monoisotopic (exact) mass is 233 g/mol. The lowest BCUT2D eigenvalue weighted by atomic mass is 10.1. The van der Waals surface area contributed by atoms with Crippen LogP contribution in [-0.2, 0) is 6.61 Å². The second-order valence-corrected chi connectivity index (χ2v) is 3.94. The molecule has 0 spiro atoms. The van der Waals surface area contributed by atoms with E-state index in [2.05, 4.69) is 14.9 Å². The number of hydrogen-bond acceptors (Lipinski definition) is 5. The molecule has 0 saturated heterocycles. The number of aromatic nitrogens is 2. The molecule has 1 aromatic heterocycles. The van der Waals surface area contributed by atoms with Crippen LogP contribution in [0.5, 0.6) is 5.75 Å². The van der Waals surface area contributed by atoms with Crippen molar-refractivity contribution in [1.29, 1.82) is 0 Å². The fourth-order valence-corrected chi connectivity index (χ4v) is 1.40. The third-order valence-corrected chi connectivity index (χ3v) is 2.53. The molecule has 0 aliphatic carbocycles. The van der Waals surface area contributed by atoms with Crippen LogP contribution in [0.2, 0.25) is 0 Å². The van der Waals surface area contributed by atoms with Gasteiger partial charge in [-0.05, 0) is 31.5 Å². The number of nitrogens with zero attached hydrogens (tertiary/aromatic N) is 2. The quantitative estimate of drug-likeness (QED) is 0.873. The molecule has 0 amide bonds. The molecule has 17 heavy (non-hydrogen) atoms. The lowest BCUT2D eigenvalue weighted by Crippen LogP contribution is -2.04. The molecule has 0 fully saturated rings. The first kappa shape index (κ1) is 11.6. The molecule has 1 atom stereocenters. The number of ether oxygens (including phenoxy) is 1. The first-order chi connectivity index (χ1) is 8.16. The number of aryl methyl sites for hydroxylation is 1. The Balaban J connectivity index is 1.98. The van der Waals surface area contributed by atoms with Gasteiger partial charge in [0.1, 0.15) is 23.7 Å². The molecule has 0 bridgehead atoms. The number of benzene rings is 1. The topological polar surface area (TPSA) is 74.2 Å². The standard InChI is InChI=1S/C12H15N3O2/c1-8(13)10-3-5-11(6-4-10)16-7-12-9(2)14-17-15-12/h3-6,8H,7,13H2,1-2H3/t8-/m0/s1. The maximum absolute atomic E-state index is 5.76. The highest BCUT2D eigenvalue weighted by Gasteiger charge is 2.06. The minimum atomic E-state index is 0.0334. The van der Waals surface area contributed by atoms with Gasteiger partial charge >= 0.3 is 0 Å². The van der Waals surface area contributed by atoms with Gasteiger partial charge in [-0.2, -0.15) is 0 Å². The first-order valence-electron chi connectivity index (χ1n) is 5.43. The predicted octanol–water partition coefficient (Wildman–Crippen LogP) is 1.98. The van der Waals surface area contributed by atoms with Gasteiger partial charge in [0.2, 0.25) is 0 Å². The molecule has 0 unspecified atom stereocenters. The van der Waals surface area contributed by atoms with Crippen molar-refractivity contribution in [2.75, 3.05) is 0 Å². The fourth-order valence-electron chi connectivity index (χ4n) is 1.40. The van der Waals surface area contributed by atoms with E-state index in [0.717, 1.165) is 17.0 Å². The minimum absolute atomic E-state index is 0.0334. The molecule has 0 radical (unpaired) electrons. The van der Waals surface area contributed by atoms with Gasteiger partial charge in [0.25, 0.3) is 0 Å². The molecule has 90 valence electrons. The zero-order chi connectivity index (χ0) is 12.3. The van der Waals surface area contributed by atoms with Crippen molar-refractivity contribution in [2.45, 2.75) is 26.5 Å². The molecule has 2 N–H and O–H groups in total. The molecule has 0 aliphatic rings. The van der Waals surface area contributed by atoms with Crippen LogP contribution in [0, 0.1) is 6.92 Å². The van der Waals surface area contributed by atoms with Crippen molar-refractivity contribution in [3.8, 4) is 5.75 Å². The highest BCUT2D eigenvalue weighted by molar-refractivity contribution is 5.28. The van der Waals surface area contributed by atoms with Gasteiger partial charge in [0.05, 0.1) is 0 Å². The molecule has 2 aromatic rings. The van der Waals surface area contributed by atoms with E-state index in [0.29, 0.717) is 12.3 Å². The van der Waals surface area contributed by atoms with Crippen LogP contribution in [0.3, 0.4) is 0 Å². The third-order valence-electron chi connectivity index (χ3n) is 2.53. The Morgan fingerprint density at radius 2 is 2.00 bits per heavy atom. The van der Waals surface area contributed by atoms with E-state index in [1.54, 1.807) is 0 Å². The maximum atomic E-state index is 5.76. The van der Waals surface area contributed by atoms with Crippen LogP contribution in [-0.4, -0.2) is 10.3 Å². The highest BCUT2D eigenvalue weighted by atomic mass is 16.6. The van der Waals surface area contributed by atoms with E-state index in [9.17, 15) is 0 Å². The second-order valence-electron chi connectivity index (χ2n) is 3.94. The Bertz CT molecular complexity index is 477. The Labute approximate surface area is 99.5 Å². The lowest BCUT2D eigenvalue weighted by Gasteiger charge is -2.07. The predicted molar refractivity (Wildman–Crippen MR) is 62.4 cm³/mol.